The van der Waals surface area contributed by atoms with Crippen LogP contribution in [0.25, 0.3) is 0 Å². The van der Waals surface area contributed by atoms with Crippen molar-refractivity contribution in [3.63, 3.8) is 0 Å². The summed E-state index contributed by atoms with van der Waals surface area (Å²) in [6.45, 7) is 0.800. The van der Waals surface area contributed by atoms with Crippen LogP contribution in [-0.2, 0) is 4.79 Å². The number of amides is 1. The summed E-state index contributed by atoms with van der Waals surface area (Å²) in [4.78, 5) is 11.3. The summed E-state index contributed by atoms with van der Waals surface area (Å²) < 4.78 is 0. The molecule has 0 spiro atoms. The number of halogens is 2. The molecule has 0 radical (unpaired) electrons. The molecule has 0 rings (SSSR count). The predicted octanol–water partition coefficient (Wildman–Crippen LogP) is 3.47. The van der Waals surface area contributed by atoms with Gasteiger partial charge in [-0.25, -0.2) is 0 Å². The second-order valence-electron chi connectivity index (χ2n) is 3.60. The van der Waals surface area contributed by atoms with E-state index in [1.807, 2.05) is 0 Å². The Morgan fingerprint density at radius 1 is 1.07 bits per heavy atom. The van der Waals surface area contributed by atoms with Crippen molar-refractivity contribution in [2.45, 2.75) is 44.9 Å². The maximum Gasteiger partial charge on any atom is 0.219 e. The molecule has 0 bridgehead atoms. The third-order valence-corrected chi connectivity index (χ3v) is 3.00. The lowest BCUT2D eigenvalue weighted by atomic mass is 10.2. The van der Waals surface area contributed by atoms with E-state index in [0.717, 1.165) is 56.3 Å². The van der Waals surface area contributed by atoms with Gasteiger partial charge < -0.3 is 5.32 Å². The summed E-state index contributed by atoms with van der Waals surface area (Å²) in [5.41, 5.74) is 0. The average Bonchev–Trinajstić information content (AvgIpc) is 2.24. The largest absolute Gasteiger partial charge is 0.356 e. The smallest absolute Gasteiger partial charge is 0.219 e. The van der Waals surface area contributed by atoms with Crippen LogP contribution < -0.4 is 5.32 Å². The van der Waals surface area contributed by atoms with Gasteiger partial charge in [-0.05, 0) is 25.7 Å². The van der Waals surface area contributed by atoms with Crippen LogP contribution in [0.5, 0.6) is 0 Å². The number of hydrogen-bond donors (Lipinski definition) is 1. The van der Waals surface area contributed by atoms with Crippen molar-refractivity contribution in [1.82, 2.24) is 5.32 Å². The molecule has 0 aliphatic rings. The molecular weight excluding hydrogens is 277 g/mol. The molecular formula is C11H21BrClNO. The summed E-state index contributed by atoms with van der Waals surface area (Å²) in [7, 11) is 0. The van der Waals surface area contributed by atoms with Gasteiger partial charge in [0.2, 0.25) is 5.91 Å². The molecule has 0 aliphatic carbocycles. The Bertz CT molecular complexity index is 156. The fraction of sp³-hybridized carbons (Fsp3) is 0.909. The molecule has 0 unspecified atom stereocenters. The Labute approximate surface area is 106 Å². The maximum atomic E-state index is 11.3. The lowest BCUT2D eigenvalue weighted by Gasteiger charge is -2.04. The van der Waals surface area contributed by atoms with Crippen LogP contribution in [0.2, 0.25) is 0 Å². The highest BCUT2D eigenvalue weighted by Crippen LogP contribution is 2.02. The minimum atomic E-state index is 0.190. The van der Waals surface area contributed by atoms with Crippen molar-refractivity contribution in [1.29, 1.82) is 0 Å². The zero-order valence-corrected chi connectivity index (χ0v) is 11.6. The normalized spacial score (nSPS) is 10.3. The monoisotopic (exact) mass is 297 g/mol. The first-order chi connectivity index (χ1) is 7.31. The van der Waals surface area contributed by atoms with Crippen molar-refractivity contribution >= 4 is 33.4 Å². The molecule has 1 amide bonds. The van der Waals surface area contributed by atoms with Crippen LogP contribution in [-0.4, -0.2) is 23.7 Å². The minimum absolute atomic E-state index is 0.190. The van der Waals surface area contributed by atoms with E-state index in [0.29, 0.717) is 6.42 Å². The van der Waals surface area contributed by atoms with Crippen molar-refractivity contribution in [2.75, 3.05) is 17.8 Å². The lowest BCUT2D eigenvalue weighted by Crippen LogP contribution is -2.23. The Balaban J connectivity index is 3.11. The number of unbranched alkanes of at least 4 members (excludes halogenated alkanes) is 4. The minimum Gasteiger partial charge on any atom is -0.356 e. The molecule has 0 aromatic rings. The highest BCUT2D eigenvalue weighted by molar-refractivity contribution is 9.09. The highest BCUT2D eigenvalue weighted by Gasteiger charge is 1.99. The van der Waals surface area contributed by atoms with Gasteiger partial charge in [0, 0.05) is 24.2 Å². The van der Waals surface area contributed by atoms with Crippen LogP contribution >= 0.6 is 27.5 Å². The molecule has 90 valence electrons. The zero-order valence-electron chi connectivity index (χ0n) is 9.24. The lowest BCUT2D eigenvalue weighted by molar-refractivity contribution is -0.121. The summed E-state index contributed by atoms with van der Waals surface area (Å²) in [6, 6.07) is 0. The van der Waals surface area contributed by atoms with E-state index in [-0.39, 0.29) is 5.91 Å². The number of rotatable bonds is 10. The summed E-state index contributed by atoms with van der Waals surface area (Å²) in [5.74, 6) is 0.913. The SMILES string of the molecule is O=C(CCCCCBr)NCCCCCCl. The Morgan fingerprint density at radius 3 is 2.47 bits per heavy atom. The first-order valence-electron chi connectivity index (χ1n) is 5.70. The van der Waals surface area contributed by atoms with Gasteiger partial charge in [0.1, 0.15) is 0 Å². The van der Waals surface area contributed by atoms with Crippen LogP contribution in [0, 0.1) is 0 Å². The number of carbonyl (C=O) groups is 1. The van der Waals surface area contributed by atoms with Gasteiger partial charge in [-0.15, -0.1) is 11.6 Å². The molecule has 0 fully saturated rings. The topological polar surface area (TPSA) is 29.1 Å². The quantitative estimate of drug-likeness (QED) is 0.486. The Hall–Kier alpha value is 0.240. The van der Waals surface area contributed by atoms with Crippen LogP contribution in [0.4, 0.5) is 0 Å². The standard InChI is InChI=1S/C11H21BrClNO/c12-8-4-1-3-7-11(15)14-10-6-2-5-9-13/h1-10H2,(H,14,15). The van der Waals surface area contributed by atoms with E-state index in [1.54, 1.807) is 0 Å². The second kappa shape index (κ2) is 12.3. The van der Waals surface area contributed by atoms with E-state index in [9.17, 15) is 4.79 Å². The number of alkyl halides is 2. The van der Waals surface area contributed by atoms with Gasteiger partial charge >= 0.3 is 0 Å². The maximum absolute atomic E-state index is 11.3. The Morgan fingerprint density at radius 2 is 1.80 bits per heavy atom. The average molecular weight is 299 g/mol. The van der Waals surface area contributed by atoms with E-state index in [1.165, 1.54) is 0 Å². The highest BCUT2D eigenvalue weighted by atomic mass is 79.9. The van der Waals surface area contributed by atoms with E-state index in [2.05, 4.69) is 21.2 Å². The molecule has 2 nitrogen and oxygen atoms in total. The number of nitrogens with one attached hydrogen (secondary N) is 1. The third-order valence-electron chi connectivity index (χ3n) is 2.17. The van der Waals surface area contributed by atoms with Crippen LogP contribution in [0.3, 0.4) is 0 Å². The first kappa shape index (κ1) is 15.2. The number of carbonyl (C=O) groups excluding carboxylic acids is 1. The van der Waals surface area contributed by atoms with Crippen molar-refractivity contribution in [3.8, 4) is 0 Å². The molecule has 15 heavy (non-hydrogen) atoms. The zero-order chi connectivity index (χ0) is 11.4. The fourth-order valence-corrected chi connectivity index (χ4v) is 1.85. The van der Waals surface area contributed by atoms with Gasteiger partial charge in [-0.1, -0.05) is 28.8 Å². The van der Waals surface area contributed by atoms with Crippen molar-refractivity contribution in [2.24, 2.45) is 0 Å². The van der Waals surface area contributed by atoms with E-state index < -0.39 is 0 Å². The van der Waals surface area contributed by atoms with E-state index in [4.69, 9.17) is 11.6 Å². The summed E-state index contributed by atoms with van der Waals surface area (Å²) >= 11 is 8.92. The van der Waals surface area contributed by atoms with Gasteiger partial charge in [-0.3, -0.25) is 4.79 Å². The molecule has 0 aliphatic heterocycles. The predicted molar refractivity (Wildman–Crippen MR) is 69.8 cm³/mol. The fourth-order valence-electron chi connectivity index (χ4n) is 1.27. The van der Waals surface area contributed by atoms with Gasteiger partial charge in [0.25, 0.3) is 0 Å². The van der Waals surface area contributed by atoms with Gasteiger partial charge in [0.05, 0.1) is 0 Å². The summed E-state index contributed by atoms with van der Waals surface area (Å²) in [6.07, 6.45) is 7.14. The molecule has 0 saturated carbocycles. The first-order valence-corrected chi connectivity index (χ1v) is 7.35. The second-order valence-corrected chi connectivity index (χ2v) is 4.77. The van der Waals surface area contributed by atoms with Crippen LogP contribution in [0.15, 0.2) is 0 Å². The number of hydrogen-bond acceptors (Lipinski definition) is 1. The molecule has 1 N–H and O–H groups in total. The van der Waals surface area contributed by atoms with Gasteiger partial charge in [-0.2, -0.15) is 0 Å². The van der Waals surface area contributed by atoms with Crippen molar-refractivity contribution < 1.29 is 4.79 Å². The molecule has 0 aromatic heterocycles. The third kappa shape index (κ3) is 12.2. The molecule has 0 atom stereocenters. The van der Waals surface area contributed by atoms with E-state index >= 15 is 0 Å². The van der Waals surface area contributed by atoms with Gasteiger partial charge in [0.15, 0.2) is 0 Å². The molecule has 0 heterocycles. The van der Waals surface area contributed by atoms with Crippen LogP contribution in [0.1, 0.15) is 44.9 Å². The molecule has 4 heteroatoms. The summed E-state index contributed by atoms with van der Waals surface area (Å²) in [5, 5.41) is 3.96. The molecule has 0 aromatic carbocycles. The van der Waals surface area contributed by atoms with Crippen molar-refractivity contribution in [3.05, 3.63) is 0 Å². The Kier molecular flexibility index (Phi) is 12.5. The molecule has 0 saturated heterocycles.